The average Bonchev–Trinajstić information content (AvgIpc) is 2.76. The van der Waals surface area contributed by atoms with Gasteiger partial charge in [-0.05, 0) is 26.0 Å². The Labute approximate surface area is 102 Å². The predicted molar refractivity (Wildman–Crippen MR) is 66.8 cm³/mol. The fourth-order valence-corrected chi connectivity index (χ4v) is 2.69. The van der Waals surface area contributed by atoms with Gasteiger partial charge in [-0.2, -0.15) is 0 Å². The van der Waals surface area contributed by atoms with Crippen LogP contribution in [0.4, 0.5) is 5.69 Å². The van der Waals surface area contributed by atoms with Gasteiger partial charge in [0.05, 0.1) is 0 Å². The molecule has 2 aliphatic rings. The second-order valence-corrected chi connectivity index (χ2v) is 4.80. The van der Waals surface area contributed by atoms with Crippen LogP contribution in [0, 0.1) is 0 Å². The highest BCUT2D eigenvalue weighted by atomic mass is 16.7. The molecule has 0 saturated carbocycles. The normalized spacial score (nSPS) is 27.3. The number of anilines is 1. The first kappa shape index (κ1) is 10.7. The number of fused-ring (bicyclic) bond motifs is 1. The van der Waals surface area contributed by atoms with Gasteiger partial charge in [-0.15, -0.1) is 0 Å². The van der Waals surface area contributed by atoms with Crippen LogP contribution in [0.1, 0.15) is 13.8 Å². The Bertz CT molecular complexity index is 412. The summed E-state index contributed by atoms with van der Waals surface area (Å²) in [5.41, 5.74) is 1.22. The molecular weight excluding hydrogens is 216 g/mol. The number of nitrogens with one attached hydrogen (secondary N) is 1. The molecule has 4 nitrogen and oxygen atoms in total. The Balaban J connectivity index is 1.92. The molecule has 17 heavy (non-hydrogen) atoms. The van der Waals surface area contributed by atoms with E-state index in [0.29, 0.717) is 18.9 Å². The first-order valence-electron chi connectivity index (χ1n) is 6.14. The van der Waals surface area contributed by atoms with Crippen LogP contribution in [-0.2, 0) is 0 Å². The molecule has 2 atom stereocenters. The molecule has 2 unspecified atom stereocenters. The predicted octanol–water partition coefficient (Wildman–Crippen LogP) is 1.60. The van der Waals surface area contributed by atoms with Crippen LogP contribution < -0.4 is 19.7 Å². The molecule has 2 aliphatic heterocycles. The number of ether oxygens (including phenoxy) is 2. The molecule has 0 amide bonds. The highest BCUT2D eigenvalue weighted by molar-refractivity contribution is 5.58. The zero-order valence-electron chi connectivity index (χ0n) is 10.3. The topological polar surface area (TPSA) is 33.7 Å². The van der Waals surface area contributed by atoms with Gasteiger partial charge >= 0.3 is 0 Å². The molecular formula is C13H18N2O2. The lowest BCUT2D eigenvalue weighted by Gasteiger charge is -2.41. The molecule has 0 aromatic heterocycles. The quantitative estimate of drug-likeness (QED) is 0.800. The van der Waals surface area contributed by atoms with Crippen molar-refractivity contribution in [2.75, 3.05) is 24.8 Å². The third kappa shape index (κ3) is 1.82. The minimum Gasteiger partial charge on any atom is -0.454 e. The molecule has 0 bridgehead atoms. The van der Waals surface area contributed by atoms with Crippen molar-refractivity contribution < 1.29 is 9.47 Å². The Morgan fingerprint density at radius 1 is 1.12 bits per heavy atom. The summed E-state index contributed by atoms with van der Waals surface area (Å²) >= 11 is 0. The molecule has 1 aromatic rings. The number of hydrogen-bond donors (Lipinski definition) is 1. The zero-order valence-corrected chi connectivity index (χ0v) is 10.3. The van der Waals surface area contributed by atoms with Crippen molar-refractivity contribution in [3.8, 4) is 11.5 Å². The van der Waals surface area contributed by atoms with E-state index in [1.165, 1.54) is 5.69 Å². The summed E-state index contributed by atoms with van der Waals surface area (Å²) in [6.45, 7) is 6.88. The van der Waals surface area contributed by atoms with Crippen molar-refractivity contribution in [2.24, 2.45) is 0 Å². The van der Waals surface area contributed by atoms with E-state index >= 15 is 0 Å². The molecule has 3 rings (SSSR count). The smallest absolute Gasteiger partial charge is 0.231 e. The molecule has 0 radical (unpaired) electrons. The van der Waals surface area contributed by atoms with Crippen molar-refractivity contribution in [3.05, 3.63) is 18.2 Å². The van der Waals surface area contributed by atoms with E-state index in [-0.39, 0.29) is 0 Å². The number of benzene rings is 1. The molecule has 4 heteroatoms. The van der Waals surface area contributed by atoms with Crippen molar-refractivity contribution in [1.82, 2.24) is 5.32 Å². The van der Waals surface area contributed by atoms with Gasteiger partial charge in [-0.1, -0.05) is 0 Å². The maximum atomic E-state index is 5.44. The first-order valence-corrected chi connectivity index (χ1v) is 6.14. The Morgan fingerprint density at radius 2 is 1.82 bits per heavy atom. The van der Waals surface area contributed by atoms with E-state index in [2.05, 4.69) is 36.2 Å². The number of nitrogens with zero attached hydrogens (tertiary/aromatic N) is 1. The van der Waals surface area contributed by atoms with Crippen LogP contribution in [0.15, 0.2) is 18.2 Å². The highest BCUT2D eigenvalue weighted by Crippen LogP contribution is 2.36. The highest BCUT2D eigenvalue weighted by Gasteiger charge is 2.26. The summed E-state index contributed by atoms with van der Waals surface area (Å²) in [5.74, 6) is 1.71. The maximum absolute atomic E-state index is 5.44. The van der Waals surface area contributed by atoms with Crippen molar-refractivity contribution in [3.63, 3.8) is 0 Å². The number of piperazine rings is 1. The largest absolute Gasteiger partial charge is 0.454 e. The lowest BCUT2D eigenvalue weighted by atomic mass is 10.1. The van der Waals surface area contributed by atoms with E-state index in [1.54, 1.807) is 0 Å². The van der Waals surface area contributed by atoms with Crippen LogP contribution in [0.3, 0.4) is 0 Å². The Morgan fingerprint density at radius 3 is 2.59 bits per heavy atom. The van der Waals surface area contributed by atoms with Crippen LogP contribution in [0.25, 0.3) is 0 Å². The van der Waals surface area contributed by atoms with Crippen LogP contribution in [-0.4, -0.2) is 32.0 Å². The summed E-state index contributed by atoms with van der Waals surface area (Å²) < 4.78 is 10.8. The molecule has 0 spiro atoms. The van der Waals surface area contributed by atoms with Gasteiger partial charge < -0.3 is 19.7 Å². The molecule has 1 fully saturated rings. The molecule has 1 N–H and O–H groups in total. The fraction of sp³-hybridized carbons (Fsp3) is 0.538. The number of rotatable bonds is 1. The summed E-state index contributed by atoms with van der Waals surface area (Å²) in [7, 11) is 0. The SMILES string of the molecule is CC1CNCC(C)N1c1ccc2c(c1)OCO2. The lowest BCUT2D eigenvalue weighted by Crippen LogP contribution is -2.55. The second kappa shape index (κ2) is 4.11. The zero-order chi connectivity index (χ0) is 11.8. The van der Waals surface area contributed by atoms with Gasteiger partial charge in [0, 0.05) is 36.9 Å². The summed E-state index contributed by atoms with van der Waals surface area (Å²) in [6.07, 6.45) is 0. The third-order valence-corrected chi connectivity index (χ3v) is 3.48. The van der Waals surface area contributed by atoms with Crippen LogP contribution in [0.5, 0.6) is 11.5 Å². The molecule has 1 saturated heterocycles. The van der Waals surface area contributed by atoms with Gasteiger partial charge in [-0.25, -0.2) is 0 Å². The molecule has 2 heterocycles. The molecule has 92 valence electrons. The summed E-state index contributed by atoms with van der Waals surface area (Å²) in [6, 6.07) is 7.20. The first-order chi connectivity index (χ1) is 8.25. The average molecular weight is 234 g/mol. The van der Waals surface area contributed by atoms with Crippen LogP contribution in [0.2, 0.25) is 0 Å². The summed E-state index contributed by atoms with van der Waals surface area (Å²) in [4.78, 5) is 2.44. The maximum Gasteiger partial charge on any atom is 0.231 e. The standard InChI is InChI=1S/C13H18N2O2/c1-9-6-14-7-10(2)15(9)11-3-4-12-13(5-11)17-8-16-12/h3-5,9-10,14H,6-8H2,1-2H3. The van der Waals surface area contributed by atoms with Crippen molar-refractivity contribution >= 4 is 5.69 Å². The second-order valence-electron chi connectivity index (χ2n) is 4.80. The van der Waals surface area contributed by atoms with Crippen molar-refractivity contribution in [2.45, 2.75) is 25.9 Å². The van der Waals surface area contributed by atoms with Crippen molar-refractivity contribution in [1.29, 1.82) is 0 Å². The van der Waals surface area contributed by atoms with E-state index in [1.807, 2.05) is 6.07 Å². The number of hydrogen-bond acceptors (Lipinski definition) is 4. The van der Waals surface area contributed by atoms with Gasteiger partial charge in [-0.3, -0.25) is 0 Å². The van der Waals surface area contributed by atoms with E-state index in [9.17, 15) is 0 Å². The van der Waals surface area contributed by atoms with Gasteiger partial charge in [0.25, 0.3) is 0 Å². The van der Waals surface area contributed by atoms with Crippen LogP contribution >= 0.6 is 0 Å². The van der Waals surface area contributed by atoms with E-state index < -0.39 is 0 Å². The van der Waals surface area contributed by atoms with Gasteiger partial charge in [0.15, 0.2) is 11.5 Å². The Kier molecular flexibility index (Phi) is 2.59. The van der Waals surface area contributed by atoms with Gasteiger partial charge in [0.1, 0.15) is 0 Å². The third-order valence-electron chi connectivity index (χ3n) is 3.48. The molecule has 1 aromatic carbocycles. The summed E-state index contributed by atoms with van der Waals surface area (Å²) in [5, 5.41) is 3.44. The van der Waals surface area contributed by atoms with E-state index in [4.69, 9.17) is 9.47 Å². The Hall–Kier alpha value is -1.42. The van der Waals surface area contributed by atoms with Gasteiger partial charge in [0.2, 0.25) is 6.79 Å². The monoisotopic (exact) mass is 234 g/mol. The molecule has 0 aliphatic carbocycles. The van der Waals surface area contributed by atoms with E-state index in [0.717, 1.165) is 24.6 Å². The lowest BCUT2D eigenvalue weighted by molar-refractivity contribution is 0.174. The fourth-order valence-electron chi connectivity index (χ4n) is 2.69. The minimum atomic E-state index is 0.339. The minimum absolute atomic E-state index is 0.339.